The lowest BCUT2D eigenvalue weighted by Crippen LogP contribution is -2.40. The van der Waals surface area contributed by atoms with Gasteiger partial charge in [0, 0.05) is 18.8 Å². The molecule has 0 aliphatic rings. The largest absolute Gasteiger partial charge is 0.347 e. The molecule has 1 rings (SSSR count). The molecule has 1 unspecified atom stereocenters. The molecule has 0 aliphatic carbocycles. The van der Waals surface area contributed by atoms with Crippen molar-refractivity contribution in [1.29, 1.82) is 0 Å². The van der Waals surface area contributed by atoms with Crippen LogP contribution in [0, 0.1) is 6.92 Å². The van der Waals surface area contributed by atoms with Crippen molar-refractivity contribution in [3.05, 3.63) is 29.6 Å². The van der Waals surface area contributed by atoms with Crippen LogP contribution in [0.2, 0.25) is 0 Å². The molecule has 3 N–H and O–H groups in total. The Kier molecular flexibility index (Phi) is 5.63. The average Bonchev–Trinajstić information content (AvgIpc) is 2.34. The van der Waals surface area contributed by atoms with E-state index < -0.39 is 0 Å². The Morgan fingerprint density at radius 2 is 2.35 bits per heavy atom. The number of carbonyl (C=O) groups excluding carboxylic acids is 1. The molecule has 4 heteroatoms. The first-order valence-corrected chi connectivity index (χ1v) is 6.11. The molecule has 1 heterocycles. The van der Waals surface area contributed by atoms with Crippen molar-refractivity contribution >= 4 is 5.91 Å². The summed E-state index contributed by atoms with van der Waals surface area (Å²) in [6, 6.07) is 3.75. The monoisotopic (exact) mass is 235 g/mol. The minimum absolute atomic E-state index is 0.0452. The van der Waals surface area contributed by atoms with Gasteiger partial charge in [0.15, 0.2) is 0 Å². The number of aromatic nitrogens is 1. The topological polar surface area (TPSA) is 68.0 Å². The molecule has 1 aromatic rings. The van der Waals surface area contributed by atoms with Gasteiger partial charge in [-0.1, -0.05) is 25.8 Å². The SMILES string of the molecule is CCCCC(CN)NC(=O)c1ncccc1C. The number of nitrogens with one attached hydrogen (secondary N) is 1. The Hall–Kier alpha value is -1.42. The van der Waals surface area contributed by atoms with Gasteiger partial charge in [0.1, 0.15) is 5.69 Å². The van der Waals surface area contributed by atoms with Gasteiger partial charge in [-0.25, -0.2) is 0 Å². The molecule has 94 valence electrons. The van der Waals surface area contributed by atoms with Crippen LogP contribution in [0.3, 0.4) is 0 Å². The minimum Gasteiger partial charge on any atom is -0.347 e. The molecule has 4 nitrogen and oxygen atoms in total. The summed E-state index contributed by atoms with van der Waals surface area (Å²) in [5.74, 6) is -0.130. The molecule has 0 spiro atoms. The summed E-state index contributed by atoms with van der Waals surface area (Å²) >= 11 is 0. The third kappa shape index (κ3) is 4.15. The molecule has 0 radical (unpaired) electrons. The van der Waals surface area contributed by atoms with Gasteiger partial charge in [-0.2, -0.15) is 0 Å². The summed E-state index contributed by atoms with van der Waals surface area (Å²) in [7, 11) is 0. The van der Waals surface area contributed by atoms with E-state index in [1.165, 1.54) is 0 Å². The van der Waals surface area contributed by atoms with Crippen LogP contribution in [-0.4, -0.2) is 23.5 Å². The lowest BCUT2D eigenvalue weighted by Gasteiger charge is -2.16. The smallest absolute Gasteiger partial charge is 0.270 e. The number of aryl methyl sites for hydroxylation is 1. The van der Waals surface area contributed by atoms with Crippen molar-refractivity contribution in [3.8, 4) is 0 Å². The fourth-order valence-corrected chi connectivity index (χ4v) is 1.68. The molecular weight excluding hydrogens is 214 g/mol. The van der Waals surface area contributed by atoms with E-state index in [4.69, 9.17) is 5.73 Å². The molecular formula is C13H21N3O. The summed E-state index contributed by atoms with van der Waals surface area (Å²) in [6.45, 7) is 4.47. The number of amides is 1. The van der Waals surface area contributed by atoms with E-state index in [0.29, 0.717) is 12.2 Å². The maximum absolute atomic E-state index is 12.0. The van der Waals surface area contributed by atoms with Crippen molar-refractivity contribution in [2.75, 3.05) is 6.54 Å². The van der Waals surface area contributed by atoms with Crippen LogP contribution >= 0.6 is 0 Å². The number of hydrogen-bond acceptors (Lipinski definition) is 3. The highest BCUT2D eigenvalue weighted by Crippen LogP contribution is 2.05. The number of hydrogen-bond donors (Lipinski definition) is 2. The normalized spacial score (nSPS) is 12.2. The Labute approximate surface area is 103 Å². The lowest BCUT2D eigenvalue weighted by molar-refractivity contribution is 0.0930. The summed E-state index contributed by atoms with van der Waals surface area (Å²) in [6.07, 6.45) is 4.73. The van der Waals surface area contributed by atoms with Crippen molar-refractivity contribution in [1.82, 2.24) is 10.3 Å². The first-order chi connectivity index (χ1) is 8.19. The second-order valence-corrected chi connectivity index (χ2v) is 4.22. The number of nitrogens with zero attached hydrogens (tertiary/aromatic N) is 1. The fourth-order valence-electron chi connectivity index (χ4n) is 1.68. The number of nitrogens with two attached hydrogens (primary N) is 1. The zero-order valence-electron chi connectivity index (χ0n) is 10.6. The second-order valence-electron chi connectivity index (χ2n) is 4.22. The van der Waals surface area contributed by atoms with Crippen LogP contribution in [0.1, 0.15) is 42.2 Å². The molecule has 0 fully saturated rings. The van der Waals surface area contributed by atoms with E-state index in [2.05, 4.69) is 17.2 Å². The van der Waals surface area contributed by atoms with Crippen LogP contribution in [0.15, 0.2) is 18.3 Å². The Morgan fingerprint density at radius 3 is 2.94 bits per heavy atom. The van der Waals surface area contributed by atoms with Crippen molar-refractivity contribution in [2.45, 2.75) is 39.2 Å². The molecule has 0 aromatic carbocycles. The maximum atomic E-state index is 12.0. The first kappa shape index (κ1) is 13.6. The predicted octanol–water partition coefficient (Wildman–Crippen LogP) is 1.64. The molecule has 17 heavy (non-hydrogen) atoms. The molecule has 0 aliphatic heterocycles. The number of carbonyl (C=O) groups is 1. The van der Waals surface area contributed by atoms with E-state index in [-0.39, 0.29) is 11.9 Å². The standard InChI is InChI=1S/C13H21N3O/c1-3-4-7-11(9-14)16-13(17)12-10(2)6-5-8-15-12/h5-6,8,11H,3-4,7,9,14H2,1-2H3,(H,16,17). The first-order valence-electron chi connectivity index (χ1n) is 6.11. The van der Waals surface area contributed by atoms with Crippen LogP contribution < -0.4 is 11.1 Å². The van der Waals surface area contributed by atoms with E-state index >= 15 is 0 Å². The Morgan fingerprint density at radius 1 is 1.59 bits per heavy atom. The highest BCUT2D eigenvalue weighted by molar-refractivity contribution is 5.93. The quantitative estimate of drug-likeness (QED) is 0.787. The van der Waals surface area contributed by atoms with Crippen molar-refractivity contribution in [3.63, 3.8) is 0 Å². The maximum Gasteiger partial charge on any atom is 0.270 e. The van der Waals surface area contributed by atoms with E-state index in [9.17, 15) is 4.79 Å². The number of pyridine rings is 1. The van der Waals surface area contributed by atoms with E-state index in [1.807, 2.05) is 19.1 Å². The minimum atomic E-state index is -0.130. The zero-order valence-corrected chi connectivity index (χ0v) is 10.6. The van der Waals surface area contributed by atoms with Crippen molar-refractivity contribution in [2.24, 2.45) is 5.73 Å². The molecule has 1 aromatic heterocycles. The highest BCUT2D eigenvalue weighted by atomic mass is 16.1. The average molecular weight is 235 g/mol. The molecule has 1 atom stereocenters. The van der Waals surface area contributed by atoms with Gasteiger partial charge in [0.05, 0.1) is 0 Å². The molecule has 0 bridgehead atoms. The van der Waals surface area contributed by atoms with E-state index in [0.717, 1.165) is 24.8 Å². The molecule has 0 saturated heterocycles. The molecule has 1 amide bonds. The third-order valence-corrected chi connectivity index (χ3v) is 2.75. The zero-order chi connectivity index (χ0) is 12.7. The van der Waals surface area contributed by atoms with Gasteiger partial charge >= 0.3 is 0 Å². The Bertz CT molecular complexity index is 365. The van der Waals surface area contributed by atoms with Gasteiger partial charge in [-0.3, -0.25) is 9.78 Å². The van der Waals surface area contributed by atoms with Gasteiger partial charge in [0.25, 0.3) is 5.91 Å². The number of rotatable bonds is 6. The molecule has 0 saturated carbocycles. The third-order valence-electron chi connectivity index (χ3n) is 2.75. The van der Waals surface area contributed by atoms with Crippen LogP contribution in [-0.2, 0) is 0 Å². The fraction of sp³-hybridized carbons (Fsp3) is 0.538. The van der Waals surface area contributed by atoms with Crippen LogP contribution in [0.25, 0.3) is 0 Å². The van der Waals surface area contributed by atoms with Crippen LogP contribution in [0.4, 0.5) is 0 Å². The van der Waals surface area contributed by atoms with Crippen LogP contribution in [0.5, 0.6) is 0 Å². The Balaban J connectivity index is 2.61. The van der Waals surface area contributed by atoms with E-state index in [1.54, 1.807) is 6.20 Å². The highest BCUT2D eigenvalue weighted by Gasteiger charge is 2.14. The lowest BCUT2D eigenvalue weighted by atomic mass is 10.1. The summed E-state index contributed by atoms with van der Waals surface area (Å²) in [5.41, 5.74) is 7.02. The summed E-state index contributed by atoms with van der Waals surface area (Å²) in [5, 5.41) is 2.93. The summed E-state index contributed by atoms with van der Waals surface area (Å²) < 4.78 is 0. The van der Waals surface area contributed by atoms with Crippen molar-refractivity contribution < 1.29 is 4.79 Å². The van der Waals surface area contributed by atoms with Gasteiger partial charge in [0.2, 0.25) is 0 Å². The van der Waals surface area contributed by atoms with Gasteiger partial charge < -0.3 is 11.1 Å². The van der Waals surface area contributed by atoms with Gasteiger partial charge in [-0.05, 0) is 25.0 Å². The predicted molar refractivity (Wildman–Crippen MR) is 68.8 cm³/mol. The second kappa shape index (κ2) is 7.01. The van der Waals surface area contributed by atoms with Gasteiger partial charge in [-0.15, -0.1) is 0 Å². The number of unbranched alkanes of at least 4 members (excludes halogenated alkanes) is 1. The summed E-state index contributed by atoms with van der Waals surface area (Å²) in [4.78, 5) is 16.1.